The molecule has 0 aliphatic carbocycles. The Balaban J connectivity index is 1.89. The van der Waals surface area contributed by atoms with Crippen molar-refractivity contribution >= 4 is 19.8 Å². The number of rotatable bonds is 3. The zero-order valence-corrected chi connectivity index (χ0v) is 15.8. The van der Waals surface area contributed by atoms with E-state index >= 15 is 0 Å². The summed E-state index contributed by atoms with van der Waals surface area (Å²) >= 11 is 6.02. The third kappa shape index (κ3) is 4.08. The SMILES string of the molecule is Fc1ccc(-c2cc(-c3ccc(Cl)cc3)cc(-c3ccc(F)cc3)p2)cc1. The lowest BCUT2D eigenvalue weighted by molar-refractivity contribution is 0.627. The Labute approximate surface area is 163 Å². The number of hydrogen-bond acceptors (Lipinski definition) is 0. The van der Waals surface area contributed by atoms with Gasteiger partial charge in [-0.3, -0.25) is 0 Å². The van der Waals surface area contributed by atoms with E-state index in [-0.39, 0.29) is 11.6 Å². The van der Waals surface area contributed by atoms with Crippen LogP contribution in [0.25, 0.3) is 32.8 Å². The average molecular weight is 395 g/mol. The quantitative estimate of drug-likeness (QED) is 0.328. The fraction of sp³-hybridized carbons (Fsp3) is 0. The molecule has 0 saturated heterocycles. The molecule has 0 N–H and O–H groups in total. The van der Waals surface area contributed by atoms with E-state index in [4.69, 9.17) is 11.6 Å². The van der Waals surface area contributed by atoms with Crippen LogP contribution in [0.5, 0.6) is 0 Å². The summed E-state index contributed by atoms with van der Waals surface area (Å²) in [5.41, 5.74) is 3.98. The van der Waals surface area contributed by atoms with Gasteiger partial charge in [0.1, 0.15) is 11.6 Å². The molecule has 0 spiro atoms. The molecule has 4 aromatic rings. The molecule has 4 heteroatoms. The standard InChI is InChI=1S/C23H14ClF2P/c24-19-7-1-15(2-8-19)18-13-22(16-3-9-20(25)10-4-16)27-23(14-18)17-5-11-21(26)12-6-17/h1-14H. The third-order valence-corrected chi connectivity index (χ3v) is 5.79. The van der Waals surface area contributed by atoms with Gasteiger partial charge in [-0.2, -0.15) is 0 Å². The first-order valence-corrected chi connectivity index (χ1v) is 9.66. The number of hydrogen-bond donors (Lipinski definition) is 0. The molecule has 0 nitrogen and oxygen atoms in total. The molecule has 27 heavy (non-hydrogen) atoms. The Kier molecular flexibility index (Phi) is 5.03. The molecule has 1 heterocycles. The Hall–Kier alpha value is -2.54. The van der Waals surface area contributed by atoms with Crippen LogP contribution in [-0.2, 0) is 0 Å². The lowest BCUT2D eigenvalue weighted by Crippen LogP contribution is -1.83. The second kappa shape index (κ2) is 7.60. The van der Waals surface area contributed by atoms with Crippen molar-refractivity contribution < 1.29 is 8.78 Å². The van der Waals surface area contributed by atoms with Crippen molar-refractivity contribution in [1.29, 1.82) is 0 Å². The molecule has 0 fully saturated rings. The van der Waals surface area contributed by atoms with Crippen molar-refractivity contribution in [3.05, 3.63) is 102 Å². The van der Waals surface area contributed by atoms with Crippen LogP contribution in [0.15, 0.2) is 84.9 Å². The third-order valence-electron chi connectivity index (χ3n) is 4.28. The maximum atomic E-state index is 13.3. The minimum absolute atomic E-state index is 0.261. The highest BCUT2D eigenvalue weighted by molar-refractivity contribution is 7.37. The molecule has 1 aromatic heterocycles. The Bertz CT molecular complexity index is 919. The van der Waals surface area contributed by atoms with Gasteiger partial charge in [0, 0.05) is 15.6 Å². The van der Waals surface area contributed by atoms with Gasteiger partial charge in [-0.25, -0.2) is 8.78 Å². The molecular formula is C23H14ClF2P. The fourth-order valence-corrected chi connectivity index (χ4v) is 4.23. The zero-order valence-electron chi connectivity index (χ0n) is 14.2. The molecule has 4 rings (SSSR count). The lowest BCUT2D eigenvalue weighted by Gasteiger charge is -2.11. The van der Waals surface area contributed by atoms with Gasteiger partial charge >= 0.3 is 0 Å². The van der Waals surface area contributed by atoms with E-state index < -0.39 is 0 Å². The maximum Gasteiger partial charge on any atom is 0.123 e. The summed E-state index contributed by atoms with van der Waals surface area (Å²) in [5.74, 6) is -0.522. The van der Waals surface area contributed by atoms with Crippen LogP contribution >= 0.6 is 19.8 Å². The molecule has 132 valence electrons. The molecule has 0 unspecified atom stereocenters. The molecule has 0 bridgehead atoms. The van der Waals surface area contributed by atoms with Crippen LogP contribution < -0.4 is 0 Å². The largest absolute Gasteiger partial charge is 0.207 e. The van der Waals surface area contributed by atoms with Gasteiger partial charge in [-0.1, -0.05) is 56.2 Å². The summed E-state index contributed by atoms with van der Waals surface area (Å²) in [6, 6.07) is 24.8. The van der Waals surface area contributed by atoms with Gasteiger partial charge in [0.05, 0.1) is 0 Å². The van der Waals surface area contributed by atoms with Gasteiger partial charge in [0.25, 0.3) is 0 Å². The monoisotopic (exact) mass is 394 g/mol. The van der Waals surface area contributed by atoms with E-state index in [1.54, 1.807) is 24.3 Å². The summed E-state index contributed by atoms with van der Waals surface area (Å²) in [4.78, 5) is 0. The van der Waals surface area contributed by atoms with Crippen molar-refractivity contribution in [2.75, 3.05) is 0 Å². The van der Waals surface area contributed by atoms with E-state index in [2.05, 4.69) is 12.1 Å². The van der Waals surface area contributed by atoms with Crippen molar-refractivity contribution in [1.82, 2.24) is 0 Å². The summed E-state index contributed by atoms with van der Waals surface area (Å²) < 4.78 is 26.7. The predicted molar refractivity (Wildman–Crippen MR) is 110 cm³/mol. The molecule has 0 radical (unpaired) electrons. The molecule has 0 aliphatic heterocycles. The van der Waals surface area contributed by atoms with E-state index in [1.165, 1.54) is 24.3 Å². The molecule has 0 aliphatic rings. The summed E-state index contributed by atoms with van der Waals surface area (Å²) in [7, 11) is 0.986. The van der Waals surface area contributed by atoms with E-state index in [1.807, 2.05) is 24.3 Å². The highest BCUT2D eigenvalue weighted by atomic mass is 35.5. The van der Waals surface area contributed by atoms with E-state index in [0.717, 1.165) is 41.0 Å². The normalized spacial score (nSPS) is 10.8. The first-order chi connectivity index (χ1) is 13.1. The Morgan fingerprint density at radius 1 is 0.519 bits per heavy atom. The number of benzene rings is 3. The average Bonchev–Trinajstić information content (AvgIpc) is 2.69. The predicted octanol–water partition coefficient (Wildman–Crippen LogP) is 8.20. The highest BCUT2D eigenvalue weighted by Crippen LogP contribution is 2.41. The zero-order chi connectivity index (χ0) is 18.8. The van der Waals surface area contributed by atoms with Crippen LogP contribution in [-0.4, -0.2) is 0 Å². The van der Waals surface area contributed by atoms with Gasteiger partial charge < -0.3 is 0 Å². The Morgan fingerprint density at radius 3 is 1.37 bits per heavy atom. The minimum Gasteiger partial charge on any atom is -0.207 e. The summed E-state index contributed by atoms with van der Waals surface area (Å²) in [5, 5.41) is 2.79. The van der Waals surface area contributed by atoms with Crippen LogP contribution in [0.4, 0.5) is 8.78 Å². The number of halogens is 3. The van der Waals surface area contributed by atoms with Gasteiger partial charge in [0.2, 0.25) is 0 Å². The van der Waals surface area contributed by atoms with Gasteiger partial charge in [0.15, 0.2) is 0 Å². The second-order valence-electron chi connectivity index (χ2n) is 6.15. The second-order valence-corrected chi connectivity index (χ2v) is 7.77. The van der Waals surface area contributed by atoms with Crippen molar-refractivity contribution in [3.63, 3.8) is 0 Å². The topological polar surface area (TPSA) is 0 Å². The summed E-state index contributed by atoms with van der Waals surface area (Å²) in [6.07, 6.45) is 0. The molecule has 3 aromatic carbocycles. The maximum absolute atomic E-state index is 13.3. The Morgan fingerprint density at radius 2 is 0.926 bits per heavy atom. The first-order valence-electron chi connectivity index (χ1n) is 8.38. The lowest BCUT2D eigenvalue weighted by atomic mass is 10.0. The van der Waals surface area contributed by atoms with Crippen LogP contribution in [0.2, 0.25) is 5.02 Å². The van der Waals surface area contributed by atoms with Crippen molar-refractivity contribution in [3.8, 4) is 32.8 Å². The van der Waals surface area contributed by atoms with Crippen molar-refractivity contribution in [2.45, 2.75) is 0 Å². The first kappa shape index (κ1) is 17.9. The molecular weight excluding hydrogens is 381 g/mol. The molecule has 0 saturated carbocycles. The minimum atomic E-state index is -0.261. The van der Waals surface area contributed by atoms with Gasteiger partial charge in [-0.05, 0) is 70.8 Å². The van der Waals surface area contributed by atoms with Crippen molar-refractivity contribution in [2.24, 2.45) is 0 Å². The van der Waals surface area contributed by atoms with Crippen LogP contribution in [0.3, 0.4) is 0 Å². The van der Waals surface area contributed by atoms with Crippen LogP contribution in [0, 0.1) is 11.6 Å². The van der Waals surface area contributed by atoms with E-state index in [0.29, 0.717) is 5.02 Å². The highest BCUT2D eigenvalue weighted by Gasteiger charge is 2.09. The van der Waals surface area contributed by atoms with E-state index in [9.17, 15) is 8.78 Å². The van der Waals surface area contributed by atoms with Crippen LogP contribution in [0.1, 0.15) is 0 Å². The fourth-order valence-electron chi connectivity index (χ4n) is 2.88. The molecule has 0 amide bonds. The molecule has 0 atom stereocenters. The smallest absolute Gasteiger partial charge is 0.123 e. The summed E-state index contributed by atoms with van der Waals surface area (Å²) in [6.45, 7) is 0. The van der Waals surface area contributed by atoms with Gasteiger partial charge in [-0.15, -0.1) is 0 Å².